The number of halogens is 2. The maximum absolute atomic E-state index is 13.5. The minimum atomic E-state index is -0.321. The van der Waals surface area contributed by atoms with Crippen LogP contribution in [0, 0.1) is 6.92 Å². The molecular weight excluding hydrogens is 518 g/mol. The Labute approximate surface area is 210 Å². The second kappa shape index (κ2) is 9.60. The number of phenols is 1. The van der Waals surface area contributed by atoms with Crippen molar-refractivity contribution in [3.63, 3.8) is 0 Å². The monoisotopic (exact) mass is 539 g/mol. The Morgan fingerprint density at radius 3 is 2.65 bits per heavy atom. The van der Waals surface area contributed by atoms with Crippen molar-refractivity contribution in [2.24, 2.45) is 5.10 Å². The van der Waals surface area contributed by atoms with E-state index in [1.807, 2.05) is 25.1 Å². The molecule has 1 heterocycles. The highest BCUT2D eigenvalue weighted by Crippen LogP contribution is 2.34. The zero-order valence-corrected chi connectivity index (χ0v) is 21.5. The molecule has 4 rings (SSSR count). The van der Waals surface area contributed by atoms with Gasteiger partial charge in [-0.1, -0.05) is 37.6 Å². The number of hydrogen-bond donors (Lipinski definition) is 1. The fourth-order valence-electron chi connectivity index (χ4n) is 3.78. The van der Waals surface area contributed by atoms with Crippen LogP contribution in [0.2, 0.25) is 5.02 Å². The molecule has 0 amide bonds. The quantitative estimate of drug-likeness (QED) is 0.293. The highest BCUT2D eigenvalue weighted by Gasteiger charge is 2.18. The lowest BCUT2D eigenvalue weighted by Crippen LogP contribution is -2.20. The van der Waals surface area contributed by atoms with Gasteiger partial charge in [0.15, 0.2) is 5.82 Å². The van der Waals surface area contributed by atoms with Crippen molar-refractivity contribution < 1.29 is 9.84 Å². The fourth-order valence-corrected chi connectivity index (χ4v) is 4.61. The summed E-state index contributed by atoms with van der Waals surface area (Å²) in [6.45, 7) is 6.10. The predicted octanol–water partition coefficient (Wildman–Crippen LogP) is 6.51. The Balaban J connectivity index is 2.01. The number of para-hydroxylation sites is 1. The first-order valence-corrected chi connectivity index (χ1v) is 11.8. The first-order chi connectivity index (χ1) is 16.2. The topological polar surface area (TPSA) is 76.7 Å². The van der Waals surface area contributed by atoms with E-state index in [0.717, 1.165) is 22.4 Å². The third-order valence-electron chi connectivity index (χ3n) is 5.56. The van der Waals surface area contributed by atoms with E-state index in [4.69, 9.17) is 21.3 Å². The number of phenolic OH excluding ortho intramolecular Hbond substituents is 1. The molecule has 0 aliphatic heterocycles. The van der Waals surface area contributed by atoms with Crippen molar-refractivity contribution in [2.45, 2.75) is 26.7 Å². The molecule has 0 aliphatic carbocycles. The standard InChI is InChI=1S/C26H23BrClN3O3/c1-14(2)19-12-20(15(3)9-23(19)34-4)25-30-22-8-6-5-7-18(22)26(33)31(25)29-13-16-10-17(28)11-21(27)24(16)32/h5-14,32H,1-4H3. The van der Waals surface area contributed by atoms with Crippen LogP contribution >= 0.6 is 27.5 Å². The van der Waals surface area contributed by atoms with E-state index in [0.29, 0.717) is 31.8 Å². The number of aromatic hydroxyl groups is 1. The van der Waals surface area contributed by atoms with Crippen molar-refractivity contribution in [2.75, 3.05) is 7.11 Å². The first kappa shape index (κ1) is 24.0. The highest BCUT2D eigenvalue weighted by molar-refractivity contribution is 9.10. The Kier molecular flexibility index (Phi) is 6.77. The minimum Gasteiger partial charge on any atom is -0.506 e. The summed E-state index contributed by atoms with van der Waals surface area (Å²) in [7, 11) is 1.64. The molecule has 0 saturated carbocycles. The third-order valence-corrected chi connectivity index (χ3v) is 6.39. The normalized spacial score (nSPS) is 11.6. The van der Waals surface area contributed by atoms with Gasteiger partial charge in [-0.2, -0.15) is 9.78 Å². The Morgan fingerprint density at radius 1 is 1.21 bits per heavy atom. The van der Waals surface area contributed by atoms with Crippen molar-refractivity contribution in [3.8, 4) is 22.9 Å². The molecule has 0 atom stereocenters. The number of nitrogens with zero attached hydrogens (tertiary/aromatic N) is 3. The van der Waals surface area contributed by atoms with Crippen LogP contribution in [-0.4, -0.2) is 28.1 Å². The van der Waals surface area contributed by atoms with E-state index >= 15 is 0 Å². The van der Waals surface area contributed by atoms with E-state index in [1.165, 1.54) is 10.9 Å². The molecule has 0 unspecified atom stereocenters. The zero-order valence-electron chi connectivity index (χ0n) is 19.1. The summed E-state index contributed by atoms with van der Waals surface area (Å²) in [5.74, 6) is 1.34. The summed E-state index contributed by atoms with van der Waals surface area (Å²) in [5.41, 5.74) is 3.27. The summed E-state index contributed by atoms with van der Waals surface area (Å²) >= 11 is 9.42. The SMILES string of the molecule is COc1cc(C)c(-c2nc3ccccc3c(=O)n2N=Cc2cc(Cl)cc(Br)c2O)cc1C(C)C. The molecule has 0 spiro atoms. The number of ether oxygens (including phenoxy) is 1. The van der Waals surface area contributed by atoms with E-state index in [1.54, 1.807) is 37.4 Å². The van der Waals surface area contributed by atoms with Gasteiger partial charge in [-0.25, -0.2) is 4.98 Å². The van der Waals surface area contributed by atoms with Gasteiger partial charge in [0.1, 0.15) is 11.5 Å². The van der Waals surface area contributed by atoms with Crippen LogP contribution in [0.25, 0.3) is 22.3 Å². The maximum atomic E-state index is 13.5. The molecular formula is C26H23BrClN3O3. The average molecular weight is 541 g/mol. The van der Waals surface area contributed by atoms with Gasteiger partial charge in [-0.05, 0) is 76.3 Å². The number of benzene rings is 3. The van der Waals surface area contributed by atoms with E-state index in [2.05, 4.69) is 34.9 Å². The summed E-state index contributed by atoms with van der Waals surface area (Å²) in [4.78, 5) is 18.3. The van der Waals surface area contributed by atoms with Crippen LogP contribution in [-0.2, 0) is 0 Å². The number of aromatic nitrogens is 2. The maximum Gasteiger partial charge on any atom is 0.282 e. The highest BCUT2D eigenvalue weighted by atomic mass is 79.9. The third kappa shape index (κ3) is 4.45. The van der Waals surface area contributed by atoms with Crippen LogP contribution in [0.4, 0.5) is 0 Å². The van der Waals surface area contributed by atoms with Crippen LogP contribution < -0.4 is 10.3 Å². The van der Waals surface area contributed by atoms with Gasteiger partial charge in [0, 0.05) is 16.1 Å². The molecule has 3 aromatic carbocycles. The number of aryl methyl sites for hydroxylation is 1. The smallest absolute Gasteiger partial charge is 0.282 e. The molecule has 0 saturated heterocycles. The minimum absolute atomic E-state index is 0.0285. The summed E-state index contributed by atoms with van der Waals surface area (Å²) < 4.78 is 7.27. The fraction of sp³-hybridized carbons (Fsp3) is 0.192. The zero-order chi connectivity index (χ0) is 24.6. The van der Waals surface area contributed by atoms with Crippen LogP contribution in [0.15, 0.2) is 62.9 Å². The molecule has 1 aromatic heterocycles. The molecule has 8 heteroatoms. The van der Waals surface area contributed by atoms with Gasteiger partial charge in [0.2, 0.25) is 0 Å². The van der Waals surface area contributed by atoms with Crippen molar-refractivity contribution >= 4 is 44.6 Å². The van der Waals surface area contributed by atoms with Crippen LogP contribution in [0.3, 0.4) is 0 Å². The summed E-state index contributed by atoms with van der Waals surface area (Å²) in [6.07, 6.45) is 1.40. The van der Waals surface area contributed by atoms with E-state index in [-0.39, 0.29) is 17.2 Å². The molecule has 0 aliphatic rings. The van der Waals surface area contributed by atoms with Crippen LogP contribution in [0.1, 0.15) is 36.5 Å². The Hall–Kier alpha value is -3.16. The van der Waals surface area contributed by atoms with Crippen LogP contribution in [0.5, 0.6) is 11.5 Å². The largest absolute Gasteiger partial charge is 0.506 e. The summed E-state index contributed by atoms with van der Waals surface area (Å²) in [5, 5.41) is 15.7. The molecule has 4 aromatic rings. The van der Waals surface area contributed by atoms with Crippen molar-refractivity contribution in [1.29, 1.82) is 0 Å². The van der Waals surface area contributed by atoms with Crippen molar-refractivity contribution in [3.05, 3.63) is 85.1 Å². The van der Waals surface area contributed by atoms with Gasteiger partial charge >= 0.3 is 0 Å². The van der Waals surface area contributed by atoms with Gasteiger partial charge < -0.3 is 9.84 Å². The van der Waals surface area contributed by atoms with Gasteiger partial charge in [-0.15, -0.1) is 0 Å². The van der Waals surface area contributed by atoms with E-state index in [9.17, 15) is 9.90 Å². The molecule has 6 nitrogen and oxygen atoms in total. The number of rotatable bonds is 5. The molecule has 0 fully saturated rings. The number of hydrogen-bond acceptors (Lipinski definition) is 5. The molecule has 1 N–H and O–H groups in total. The second-order valence-electron chi connectivity index (χ2n) is 8.20. The van der Waals surface area contributed by atoms with Crippen molar-refractivity contribution in [1.82, 2.24) is 9.66 Å². The summed E-state index contributed by atoms with van der Waals surface area (Å²) in [6, 6.07) is 14.2. The van der Waals surface area contributed by atoms with Gasteiger partial charge in [-0.3, -0.25) is 4.79 Å². The molecule has 0 bridgehead atoms. The lowest BCUT2D eigenvalue weighted by Gasteiger charge is -2.17. The van der Waals surface area contributed by atoms with Gasteiger partial charge in [0.25, 0.3) is 5.56 Å². The first-order valence-electron chi connectivity index (χ1n) is 10.6. The Morgan fingerprint density at radius 2 is 1.94 bits per heavy atom. The average Bonchev–Trinajstić information content (AvgIpc) is 2.80. The number of methoxy groups -OCH3 is 1. The molecule has 174 valence electrons. The lowest BCUT2D eigenvalue weighted by atomic mass is 9.96. The molecule has 34 heavy (non-hydrogen) atoms. The van der Waals surface area contributed by atoms with E-state index < -0.39 is 0 Å². The number of fused-ring (bicyclic) bond motifs is 1. The van der Waals surface area contributed by atoms with Gasteiger partial charge in [0.05, 0.1) is 28.7 Å². The predicted molar refractivity (Wildman–Crippen MR) is 141 cm³/mol. The lowest BCUT2D eigenvalue weighted by molar-refractivity contribution is 0.407. The Bertz CT molecular complexity index is 1500. The second-order valence-corrected chi connectivity index (χ2v) is 9.49. The molecule has 0 radical (unpaired) electrons.